The summed E-state index contributed by atoms with van der Waals surface area (Å²) in [6.07, 6.45) is 4.35. The first kappa shape index (κ1) is 15.3. The molecule has 0 spiro atoms. The van der Waals surface area contributed by atoms with Gasteiger partial charge in [0.25, 0.3) is 0 Å². The Morgan fingerprint density at radius 1 is 1.32 bits per heavy atom. The van der Waals surface area contributed by atoms with E-state index < -0.39 is 0 Å². The summed E-state index contributed by atoms with van der Waals surface area (Å²) in [7, 11) is 0. The highest BCUT2D eigenvalue weighted by Gasteiger charge is 2.48. The Bertz CT molecular complexity index is 303. The molecule has 1 aliphatic carbocycles. The first-order chi connectivity index (χ1) is 8.89. The van der Waals surface area contributed by atoms with Crippen molar-refractivity contribution in [3.63, 3.8) is 0 Å². The summed E-state index contributed by atoms with van der Waals surface area (Å²) in [5.74, 6) is 0.891. The Balaban J connectivity index is 1.96. The zero-order valence-corrected chi connectivity index (χ0v) is 13.5. The number of hydrogen-bond acceptors (Lipinski definition) is 3. The summed E-state index contributed by atoms with van der Waals surface area (Å²) in [6.45, 7) is 15.5. The van der Waals surface area contributed by atoms with Crippen molar-refractivity contribution in [2.75, 3.05) is 26.2 Å². The van der Waals surface area contributed by atoms with Crippen LogP contribution in [0.2, 0.25) is 0 Å². The van der Waals surface area contributed by atoms with Crippen molar-refractivity contribution in [3.8, 4) is 0 Å². The number of nitrogens with one attached hydrogen (secondary N) is 1. The largest absolute Gasteiger partial charge is 0.377 e. The maximum Gasteiger partial charge on any atom is 0.0597 e. The van der Waals surface area contributed by atoms with Crippen molar-refractivity contribution in [2.24, 2.45) is 5.92 Å². The van der Waals surface area contributed by atoms with E-state index in [2.05, 4.69) is 44.8 Å². The Labute approximate surface area is 119 Å². The highest BCUT2D eigenvalue weighted by molar-refractivity contribution is 5.07. The number of piperazine rings is 1. The van der Waals surface area contributed by atoms with Crippen LogP contribution in [0.3, 0.4) is 0 Å². The van der Waals surface area contributed by atoms with E-state index in [9.17, 15) is 0 Å². The lowest BCUT2D eigenvalue weighted by molar-refractivity contribution is -0.0198. The van der Waals surface area contributed by atoms with Crippen LogP contribution in [-0.4, -0.2) is 48.3 Å². The molecule has 3 nitrogen and oxygen atoms in total. The lowest BCUT2D eigenvalue weighted by Gasteiger charge is -2.52. The molecule has 2 unspecified atom stereocenters. The van der Waals surface area contributed by atoms with Gasteiger partial charge in [0.1, 0.15) is 0 Å². The standard InChI is InChI=1S/C16H32N2O/c1-6-15(4)11-17-16(5,14-7-8-14)12-18(15)9-10-19-13(2)3/h13-14,17H,6-12H2,1-5H3. The molecule has 1 aliphatic heterocycles. The molecule has 0 aromatic carbocycles. The molecule has 0 bridgehead atoms. The second kappa shape index (κ2) is 5.71. The molecule has 0 aromatic rings. The number of rotatable bonds is 6. The summed E-state index contributed by atoms with van der Waals surface area (Å²) < 4.78 is 5.76. The van der Waals surface area contributed by atoms with E-state index in [0.29, 0.717) is 11.6 Å². The van der Waals surface area contributed by atoms with Gasteiger partial charge in [0, 0.05) is 30.7 Å². The van der Waals surface area contributed by atoms with Gasteiger partial charge in [-0.1, -0.05) is 6.92 Å². The van der Waals surface area contributed by atoms with Crippen molar-refractivity contribution in [1.82, 2.24) is 10.2 Å². The molecule has 1 N–H and O–H groups in total. The van der Waals surface area contributed by atoms with E-state index in [1.807, 2.05) is 0 Å². The van der Waals surface area contributed by atoms with Gasteiger partial charge in [0.2, 0.25) is 0 Å². The third-order valence-electron chi connectivity index (χ3n) is 5.21. The number of nitrogens with zero attached hydrogens (tertiary/aromatic N) is 1. The predicted octanol–water partition coefficient (Wildman–Crippen LogP) is 2.65. The molecular formula is C16H32N2O. The molecule has 0 amide bonds. The monoisotopic (exact) mass is 268 g/mol. The van der Waals surface area contributed by atoms with E-state index in [1.165, 1.54) is 25.8 Å². The molecule has 0 aromatic heterocycles. The second-order valence-corrected chi connectivity index (χ2v) is 7.24. The normalized spacial score (nSPS) is 36.9. The summed E-state index contributed by atoms with van der Waals surface area (Å²) in [5, 5.41) is 3.85. The fourth-order valence-electron chi connectivity index (χ4n) is 3.24. The summed E-state index contributed by atoms with van der Waals surface area (Å²) in [6, 6.07) is 0. The zero-order chi connectivity index (χ0) is 14.1. The molecule has 2 aliphatic rings. The van der Waals surface area contributed by atoms with Crippen molar-refractivity contribution < 1.29 is 4.74 Å². The van der Waals surface area contributed by atoms with Crippen LogP contribution in [0.4, 0.5) is 0 Å². The summed E-state index contributed by atoms with van der Waals surface area (Å²) in [5.41, 5.74) is 0.612. The van der Waals surface area contributed by atoms with Gasteiger partial charge in [-0.2, -0.15) is 0 Å². The Morgan fingerprint density at radius 2 is 2.00 bits per heavy atom. The number of ether oxygens (including phenoxy) is 1. The molecular weight excluding hydrogens is 236 g/mol. The van der Waals surface area contributed by atoms with Crippen molar-refractivity contribution in [1.29, 1.82) is 0 Å². The van der Waals surface area contributed by atoms with Crippen LogP contribution in [0, 0.1) is 5.92 Å². The van der Waals surface area contributed by atoms with E-state index in [4.69, 9.17) is 4.74 Å². The molecule has 2 fully saturated rings. The number of hydrogen-bond donors (Lipinski definition) is 1. The Kier molecular flexibility index (Phi) is 4.59. The smallest absolute Gasteiger partial charge is 0.0597 e. The minimum absolute atomic E-state index is 0.286. The van der Waals surface area contributed by atoms with Crippen molar-refractivity contribution >= 4 is 0 Å². The Hall–Kier alpha value is -0.120. The van der Waals surface area contributed by atoms with Crippen LogP contribution in [0.5, 0.6) is 0 Å². The quantitative estimate of drug-likeness (QED) is 0.801. The summed E-state index contributed by atoms with van der Waals surface area (Å²) in [4.78, 5) is 2.67. The van der Waals surface area contributed by atoms with E-state index >= 15 is 0 Å². The molecule has 112 valence electrons. The first-order valence-corrected chi connectivity index (χ1v) is 8.01. The van der Waals surface area contributed by atoms with E-state index in [1.54, 1.807) is 0 Å². The molecule has 1 heterocycles. The highest BCUT2D eigenvalue weighted by Crippen LogP contribution is 2.42. The average molecular weight is 268 g/mol. The van der Waals surface area contributed by atoms with Gasteiger partial charge >= 0.3 is 0 Å². The molecule has 2 atom stereocenters. The van der Waals surface area contributed by atoms with Gasteiger partial charge in [-0.3, -0.25) is 4.90 Å². The Morgan fingerprint density at radius 3 is 2.53 bits per heavy atom. The first-order valence-electron chi connectivity index (χ1n) is 8.01. The van der Waals surface area contributed by atoms with Crippen LogP contribution in [0.25, 0.3) is 0 Å². The average Bonchev–Trinajstić information content (AvgIpc) is 3.18. The van der Waals surface area contributed by atoms with Crippen LogP contribution >= 0.6 is 0 Å². The zero-order valence-electron chi connectivity index (χ0n) is 13.5. The van der Waals surface area contributed by atoms with Crippen LogP contribution in [0.1, 0.15) is 53.9 Å². The van der Waals surface area contributed by atoms with Gasteiger partial charge in [-0.05, 0) is 52.9 Å². The lowest BCUT2D eigenvalue weighted by Crippen LogP contribution is -2.69. The van der Waals surface area contributed by atoms with Gasteiger partial charge in [-0.25, -0.2) is 0 Å². The van der Waals surface area contributed by atoms with Crippen LogP contribution in [-0.2, 0) is 4.74 Å². The van der Waals surface area contributed by atoms with Gasteiger partial charge < -0.3 is 10.1 Å². The molecule has 1 saturated carbocycles. The fraction of sp³-hybridized carbons (Fsp3) is 1.00. The third kappa shape index (κ3) is 3.50. The van der Waals surface area contributed by atoms with Gasteiger partial charge in [-0.15, -0.1) is 0 Å². The van der Waals surface area contributed by atoms with Crippen molar-refractivity contribution in [3.05, 3.63) is 0 Å². The maximum atomic E-state index is 5.76. The van der Waals surface area contributed by atoms with Gasteiger partial charge in [0.15, 0.2) is 0 Å². The molecule has 0 radical (unpaired) electrons. The minimum Gasteiger partial charge on any atom is -0.377 e. The predicted molar refractivity (Wildman–Crippen MR) is 80.5 cm³/mol. The maximum absolute atomic E-state index is 5.76. The molecule has 19 heavy (non-hydrogen) atoms. The highest BCUT2D eigenvalue weighted by atomic mass is 16.5. The fourth-order valence-corrected chi connectivity index (χ4v) is 3.24. The van der Waals surface area contributed by atoms with Gasteiger partial charge in [0.05, 0.1) is 12.7 Å². The second-order valence-electron chi connectivity index (χ2n) is 7.24. The summed E-state index contributed by atoms with van der Waals surface area (Å²) >= 11 is 0. The third-order valence-corrected chi connectivity index (χ3v) is 5.21. The molecule has 1 saturated heterocycles. The van der Waals surface area contributed by atoms with Crippen LogP contribution < -0.4 is 5.32 Å². The van der Waals surface area contributed by atoms with E-state index in [-0.39, 0.29) is 5.54 Å². The molecule has 3 heteroatoms. The SMILES string of the molecule is CCC1(C)CNC(C)(C2CC2)CN1CCOC(C)C. The topological polar surface area (TPSA) is 24.5 Å². The van der Waals surface area contributed by atoms with E-state index in [0.717, 1.165) is 25.6 Å². The molecule has 2 rings (SSSR count). The van der Waals surface area contributed by atoms with Crippen molar-refractivity contribution in [2.45, 2.75) is 71.1 Å². The van der Waals surface area contributed by atoms with Crippen LogP contribution in [0.15, 0.2) is 0 Å². The lowest BCUT2D eigenvalue weighted by atomic mass is 9.84. The minimum atomic E-state index is 0.286.